The fourth-order valence-electron chi connectivity index (χ4n) is 3.18. The third-order valence-electron chi connectivity index (χ3n) is 4.17. The molecule has 3 atom stereocenters. The van der Waals surface area contributed by atoms with Gasteiger partial charge in [0.2, 0.25) is 0 Å². The quantitative estimate of drug-likeness (QED) is 0.649. The second-order valence-corrected chi connectivity index (χ2v) is 5.60. The zero-order chi connectivity index (χ0) is 13.0. The van der Waals surface area contributed by atoms with Crippen LogP contribution in [0.2, 0.25) is 5.02 Å². The van der Waals surface area contributed by atoms with Crippen molar-refractivity contribution in [2.24, 2.45) is 17.7 Å². The number of hydrogen-bond donors (Lipinski definition) is 2. The number of hydrogen-bond acceptors (Lipinski definition) is 3. The molecule has 0 aromatic carbocycles. The molecule has 3 N–H and O–H groups in total. The van der Waals surface area contributed by atoms with Crippen molar-refractivity contribution >= 4 is 11.6 Å². The summed E-state index contributed by atoms with van der Waals surface area (Å²) in [6.45, 7) is 2.27. The Morgan fingerprint density at radius 1 is 1.44 bits per heavy atom. The number of hydrazine groups is 1. The number of halogens is 1. The summed E-state index contributed by atoms with van der Waals surface area (Å²) in [4.78, 5) is 4.42. The Morgan fingerprint density at radius 3 is 2.83 bits per heavy atom. The van der Waals surface area contributed by atoms with Crippen molar-refractivity contribution in [3.63, 3.8) is 0 Å². The van der Waals surface area contributed by atoms with Crippen LogP contribution in [-0.2, 0) is 0 Å². The van der Waals surface area contributed by atoms with Crippen molar-refractivity contribution < 1.29 is 0 Å². The Bertz CT molecular complexity index is 366. The molecule has 3 nitrogen and oxygen atoms in total. The van der Waals surface area contributed by atoms with Gasteiger partial charge in [-0.3, -0.25) is 16.3 Å². The number of rotatable bonds is 4. The fourth-order valence-corrected chi connectivity index (χ4v) is 3.29. The minimum Gasteiger partial charge on any atom is -0.271 e. The summed E-state index contributed by atoms with van der Waals surface area (Å²) >= 11 is 5.89. The van der Waals surface area contributed by atoms with E-state index >= 15 is 0 Å². The molecule has 3 unspecified atom stereocenters. The lowest BCUT2D eigenvalue weighted by molar-refractivity contribution is 0.173. The molecule has 1 aliphatic rings. The van der Waals surface area contributed by atoms with Gasteiger partial charge < -0.3 is 0 Å². The highest BCUT2D eigenvalue weighted by molar-refractivity contribution is 6.30. The highest BCUT2D eigenvalue weighted by atomic mass is 35.5. The lowest BCUT2D eigenvalue weighted by Gasteiger charge is -2.36. The molecule has 0 aliphatic heterocycles. The van der Waals surface area contributed by atoms with Gasteiger partial charge in [-0.1, -0.05) is 44.2 Å². The van der Waals surface area contributed by atoms with Gasteiger partial charge in [0.25, 0.3) is 0 Å². The Morgan fingerprint density at radius 2 is 2.22 bits per heavy atom. The number of pyridine rings is 1. The van der Waals surface area contributed by atoms with Crippen molar-refractivity contribution in [1.29, 1.82) is 0 Å². The van der Waals surface area contributed by atoms with Gasteiger partial charge in [0, 0.05) is 6.20 Å². The van der Waals surface area contributed by atoms with Crippen molar-refractivity contribution in [1.82, 2.24) is 10.4 Å². The van der Waals surface area contributed by atoms with Gasteiger partial charge >= 0.3 is 0 Å². The van der Waals surface area contributed by atoms with E-state index in [-0.39, 0.29) is 6.04 Å². The number of nitrogens with one attached hydrogen (secondary N) is 1. The first-order chi connectivity index (χ1) is 8.76. The molecule has 0 bridgehead atoms. The van der Waals surface area contributed by atoms with Crippen LogP contribution in [-0.4, -0.2) is 4.98 Å². The Balaban J connectivity index is 2.18. The normalized spacial score (nSPS) is 25.9. The van der Waals surface area contributed by atoms with E-state index in [2.05, 4.69) is 17.3 Å². The number of aromatic nitrogens is 1. The van der Waals surface area contributed by atoms with E-state index in [1.165, 1.54) is 32.1 Å². The smallest absolute Gasteiger partial charge is 0.0662 e. The first kappa shape index (κ1) is 13.8. The van der Waals surface area contributed by atoms with E-state index in [0.717, 1.165) is 11.6 Å². The SMILES string of the molecule is CCC1CCCCC1C(NN)c1ccc(Cl)cn1. The van der Waals surface area contributed by atoms with Gasteiger partial charge in [-0.25, -0.2) is 0 Å². The van der Waals surface area contributed by atoms with Gasteiger partial charge in [-0.05, 0) is 30.4 Å². The third kappa shape index (κ3) is 3.02. The molecule has 0 amide bonds. The van der Waals surface area contributed by atoms with E-state index in [0.29, 0.717) is 10.9 Å². The van der Waals surface area contributed by atoms with Crippen LogP contribution in [0.15, 0.2) is 18.3 Å². The summed E-state index contributed by atoms with van der Waals surface area (Å²) < 4.78 is 0. The van der Waals surface area contributed by atoms with E-state index in [1.54, 1.807) is 6.20 Å². The molecule has 0 saturated heterocycles. The first-order valence-electron chi connectivity index (χ1n) is 6.83. The molecule has 1 heterocycles. The summed E-state index contributed by atoms with van der Waals surface area (Å²) in [6.07, 6.45) is 8.11. The summed E-state index contributed by atoms with van der Waals surface area (Å²) in [5.74, 6) is 7.10. The summed E-state index contributed by atoms with van der Waals surface area (Å²) in [5.41, 5.74) is 3.97. The molecule has 1 aromatic rings. The molecule has 1 saturated carbocycles. The summed E-state index contributed by atoms with van der Waals surface area (Å²) in [6, 6.07) is 4.01. The predicted molar refractivity (Wildman–Crippen MR) is 75.1 cm³/mol. The van der Waals surface area contributed by atoms with Crippen LogP contribution in [0.4, 0.5) is 0 Å². The third-order valence-corrected chi connectivity index (χ3v) is 4.39. The number of nitrogens with zero attached hydrogens (tertiary/aromatic N) is 1. The zero-order valence-electron chi connectivity index (χ0n) is 10.9. The monoisotopic (exact) mass is 267 g/mol. The lowest BCUT2D eigenvalue weighted by Crippen LogP contribution is -2.38. The zero-order valence-corrected chi connectivity index (χ0v) is 11.7. The summed E-state index contributed by atoms with van der Waals surface area (Å²) in [5, 5.41) is 0.671. The molecule has 0 radical (unpaired) electrons. The Kier molecular flexibility index (Phi) is 4.98. The first-order valence-corrected chi connectivity index (χ1v) is 7.21. The largest absolute Gasteiger partial charge is 0.271 e. The molecule has 0 spiro atoms. The maximum Gasteiger partial charge on any atom is 0.0662 e. The molecule has 18 heavy (non-hydrogen) atoms. The van der Waals surface area contributed by atoms with E-state index in [9.17, 15) is 0 Å². The predicted octanol–water partition coefficient (Wildman–Crippen LogP) is 3.46. The molecule has 2 rings (SSSR count). The molecule has 1 fully saturated rings. The van der Waals surface area contributed by atoms with Crippen molar-refractivity contribution in [3.05, 3.63) is 29.0 Å². The average molecular weight is 268 g/mol. The van der Waals surface area contributed by atoms with Crippen LogP contribution < -0.4 is 11.3 Å². The van der Waals surface area contributed by atoms with Gasteiger partial charge in [0.1, 0.15) is 0 Å². The van der Waals surface area contributed by atoms with Crippen LogP contribution >= 0.6 is 11.6 Å². The fraction of sp³-hybridized carbons (Fsp3) is 0.643. The van der Waals surface area contributed by atoms with Crippen molar-refractivity contribution in [2.75, 3.05) is 0 Å². The van der Waals surface area contributed by atoms with E-state index in [1.807, 2.05) is 12.1 Å². The molecule has 1 aromatic heterocycles. The van der Waals surface area contributed by atoms with Crippen LogP contribution in [0.3, 0.4) is 0 Å². The van der Waals surface area contributed by atoms with E-state index < -0.39 is 0 Å². The maximum absolute atomic E-state index is 5.89. The van der Waals surface area contributed by atoms with Crippen molar-refractivity contribution in [2.45, 2.75) is 45.1 Å². The molecule has 1 aliphatic carbocycles. The van der Waals surface area contributed by atoms with Gasteiger partial charge in [-0.15, -0.1) is 0 Å². The second-order valence-electron chi connectivity index (χ2n) is 5.16. The average Bonchev–Trinajstić information content (AvgIpc) is 2.42. The maximum atomic E-state index is 5.89. The highest BCUT2D eigenvalue weighted by Crippen LogP contribution is 2.39. The highest BCUT2D eigenvalue weighted by Gasteiger charge is 2.31. The van der Waals surface area contributed by atoms with Gasteiger partial charge in [-0.2, -0.15) is 0 Å². The second kappa shape index (κ2) is 6.50. The van der Waals surface area contributed by atoms with Crippen molar-refractivity contribution in [3.8, 4) is 0 Å². The van der Waals surface area contributed by atoms with Crippen LogP contribution in [0.25, 0.3) is 0 Å². The molecule has 100 valence electrons. The standard InChI is InChI=1S/C14H22ClN3/c1-2-10-5-3-4-6-12(10)14(18-16)13-8-7-11(15)9-17-13/h7-10,12,14,18H,2-6,16H2,1H3. The Hall–Kier alpha value is -0.640. The minimum absolute atomic E-state index is 0.146. The minimum atomic E-state index is 0.146. The lowest BCUT2D eigenvalue weighted by atomic mass is 9.73. The van der Waals surface area contributed by atoms with Crippen LogP contribution in [0, 0.1) is 11.8 Å². The van der Waals surface area contributed by atoms with E-state index in [4.69, 9.17) is 17.4 Å². The number of nitrogens with two attached hydrogens (primary N) is 1. The summed E-state index contributed by atoms with van der Waals surface area (Å²) in [7, 11) is 0. The molecular weight excluding hydrogens is 246 g/mol. The van der Waals surface area contributed by atoms with Gasteiger partial charge in [0.15, 0.2) is 0 Å². The van der Waals surface area contributed by atoms with Crippen LogP contribution in [0.1, 0.15) is 50.8 Å². The molecule has 4 heteroatoms. The van der Waals surface area contributed by atoms with Gasteiger partial charge in [0.05, 0.1) is 16.8 Å². The molecular formula is C14H22ClN3. The topological polar surface area (TPSA) is 50.9 Å². The Labute approximate surface area is 114 Å². The van der Waals surface area contributed by atoms with Crippen LogP contribution in [0.5, 0.6) is 0 Å².